The van der Waals surface area contributed by atoms with Crippen molar-refractivity contribution in [3.8, 4) is 0 Å². The third-order valence-corrected chi connectivity index (χ3v) is 3.26. The summed E-state index contributed by atoms with van der Waals surface area (Å²) < 4.78 is 1.96. The second-order valence-corrected chi connectivity index (χ2v) is 5.23. The summed E-state index contributed by atoms with van der Waals surface area (Å²) in [7, 11) is 0. The lowest BCUT2D eigenvalue weighted by atomic mass is 10.0. The van der Waals surface area contributed by atoms with Gasteiger partial charge in [-0.25, -0.2) is 0 Å². The molecule has 0 amide bonds. The van der Waals surface area contributed by atoms with Gasteiger partial charge in [0.05, 0.1) is 11.0 Å². The van der Waals surface area contributed by atoms with Crippen molar-refractivity contribution in [2.45, 2.75) is 26.5 Å². The second kappa shape index (κ2) is 5.88. The molecule has 2 rings (SSSR count). The molecule has 1 N–H and O–H groups in total. The Kier molecular flexibility index (Phi) is 4.20. The summed E-state index contributed by atoms with van der Waals surface area (Å²) in [5, 5.41) is 20.6. The van der Waals surface area contributed by atoms with Crippen molar-refractivity contribution in [2.75, 3.05) is 0 Å². The van der Waals surface area contributed by atoms with E-state index in [1.807, 2.05) is 36.9 Å². The third kappa shape index (κ3) is 3.24. The number of hydrogen-bond acceptors (Lipinski definition) is 3. The van der Waals surface area contributed by atoms with Crippen LogP contribution in [-0.4, -0.2) is 14.6 Å². The zero-order valence-electron chi connectivity index (χ0n) is 11.6. The van der Waals surface area contributed by atoms with Crippen LogP contribution in [0.1, 0.15) is 31.1 Å². The first-order valence-corrected chi connectivity index (χ1v) is 6.54. The molecule has 1 unspecified atom stereocenters. The van der Waals surface area contributed by atoms with Crippen molar-refractivity contribution < 1.29 is 10.0 Å². The summed E-state index contributed by atoms with van der Waals surface area (Å²) in [6.07, 6.45) is 3.35. The fourth-order valence-corrected chi connectivity index (χ4v) is 2.05. The highest BCUT2D eigenvalue weighted by atomic mass is 16.6. The largest absolute Gasteiger partial charge is 0.388 e. The van der Waals surface area contributed by atoms with Crippen LogP contribution < -0.4 is 0 Å². The maximum Gasteiger partial charge on any atom is 0.269 e. The molecule has 1 heterocycles. The first-order valence-electron chi connectivity index (χ1n) is 6.54. The molecule has 2 aromatic rings. The van der Waals surface area contributed by atoms with Crippen molar-refractivity contribution >= 4 is 5.69 Å². The van der Waals surface area contributed by atoms with Crippen LogP contribution in [0, 0.1) is 16.0 Å². The van der Waals surface area contributed by atoms with E-state index >= 15 is 0 Å². The molecule has 0 bridgehead atoms. The van der Waals surface area contributed by atoms with E-state index in [9.17, 15) is 15.2 Å². The molecule has 0 aliphatic heterocycles. The zero-order chi connectivity index (χ0) is 14.7. The van der Waals surface area contributed by atoms with Crippen molar-refractivity contribution in [3.63, 3.8) is 0 Å². The fourth-order valence-electron chi connectivity index (χ4n) is 2.05. The van der Waals surface area contributed by atoms with Gasteiger partial charge in [0, 0.05) is 31.1 Å². The molecular formula is C15H18N2O3. The van der Waals surface area contributed by atoms with Crippen LogP contribution >= 0.6 is 0 Å². The molecule has 0 saturated carbocycles. The van der Waals surface area contributed by atoms with Gasteiger partial charge in [0.25, 0.3) is 5.69 Å². The number of rotatable bonds is 5. The summed E-state index contributed by atoms with van der Waals surface area (Å²) in [4.78, 5) is 10.2. The molecule has 5 nitrogen and oxygen atoms in total. The normalized spacial score (nSPS) is 12.6. The molecule has 5 heteroatoms. The van der Waals surface area contributed by atoms with E-state index in [2.05, 4.69) is 0 Å². The van der Waals surface area contributed by atoms with Gasteiger partial charge in [-0.05, 0) is 23.1 Å². The summed E-state index contributed by atoms with van der Waals surface area (Å²) in [6.45, 7) is 4.57. The Morgan fingerprint density at radius 3 is 2.45 bits per heavy atom. The van der Waals surface area contributed by atoms with Crippen molar-refractivity contribution in [1.82, 2.24) is 4.57 Å². The van der Waals surface area contributed by atoms with Crippen LogP contribution in [0.15, 0.2) is 42.7 Å². The van der Waals surface area contributed by atoms with E-state index in [1.54, 1.807) is 12.1 Å². The standard InChI is InChI=1S/C15H18N2O3/c1-11(2)15(18)13-7-8-16(10-13)9-12-3-5-14(6-4-12)17(19)20/h3-8,10-11,15,18H,9H2,1-2H3. The van der Waals surface area contributed by atoms with E-state index in [-0.39, 0.29) is 11.6 Å². The van der Waals surface area contributed by atoms with Crippen molar-refractivity contribution in [3.05, 3.63) is 64.0 Å². The molecule has 0 aliphatic rings. The van der Waals surface area contributed by atoms with Crippen LogP contribution in [0.5, 0.6) is 0 Å². The Morgan fingerprint density at radius 2 is 1.90 bits per heavy atom. The molecule has 0 radical (unpaired) electrons. The SMILES string of the molecule is CC(C)C(O)c1ccn(Cc2ccc([N+](=O)[O-])cc2)c1. The Bertz CT molecular complexity index is 587. The van der Waals surface area contributed by atoms with Gasteiger partial charge >= 0.3 is 0 Å². The zero-order valence-corrected chi connectivity index (χ0v) is 11.6. The molecule has 0 fully saturated rings. The number of benzene rings is 1. The Hall–Kier alpha value is -2.14. The predicted octanol–water partition coefficient (Wildman–Crippen LogP) is 3.13. The lowest BCUT2D eigenvalue weighted by molar-refractivity contribution is -0.384. The van der Waals surface area contributed by atoms with Gasteiger partial charge in [-0.15, -0.1) is 0 Å². The van der Waals surface area contributed by atoms with Gasteiger partial charge in [-0.2, -0.15) is 0 Å². The van der Waals surface area contributed by atoms with Crippen LogP contribution in [0.3, 0.4) is 0 Å². The number of hydrogen-bond donors (Lipinski definition) is 1. The molecule has 20 heavy (non-hydrogen) atoms. The molecule has 0 saturated heterocycles. The lowest BCUT2D eigenvalue weighted by Crippen LogP contribution is -2.04. The first kappa shape index (κ1) is 14.3. The summed E-state index contributed by atoms with van der Waals surface area (Å²) >= 11 is 0. The van der Waals surface area contributed by atoms with Gasteiger partial charge in [0.15, 0.2) is 0 Å². The maximum atomic E-state index is 10.6. The monoisotopic (exact) mass is 274 g/mol. The molecule has 1 atom stereocenters. The number of non-ortho nitro benzene ring substituents is 1. The summed E-state index contributed by atoms with van der Waals surface area (Å²) in [5.74, 6) is 0.172. The lowest BCUT2D eigenvalue weighted by Gasteiger charge is -2.12. The highest BCUT2D eigenvalue weighted by molar-refractivity contribution is 5.33. The number of nitro benzene ring substituents is 1. The minimum Gasteiger partial charge on any atom is -0.388 e. The smallest absolute Gasteiger partial charge is 0.269 e. The molecule has 1 aromatic carbocycles. The minimum absolute atomic E-state index is 0.0946. The van der Waals surface area contributed by atoms with Gasteiger partial charge in [-0.1, -0.05) is 26.0 Å². The Morgan fingerprint density at radius 1 is 1.25 bits per heavy atom. The van der Waals surface area contributed by atoms with Crippen LogP contribution in [0.4, 0.5) is 5.69 Å². The van der Waals surface area contributed by atoms with Crippen molar-refractivity contribution in [2.24, 2.45) is 5.92 Å². The van der Waals surface area contributed by atoms with E-state index in [0.29, 0.717) is 6.54 Å². The van der Waals surface area contributed by atoms with E-state index in [4.69, 9.17) is 0 Å². The average molecular weight is 274 g/mol. The number of aromatic nitrogens is 1. The van der Waals surface area contributed by atoms with Gasteiger partial charge in [-0.3, -0.25) is 10.1 Å². The van der Waals surface area contributed by atoms with Gasteiger partial charge < -0.3 is 9.67 Å². The average Bonchev–Trinajstić information content (AvgIpc) is 2.86. The van der Waals surface area contributed by atoms with Gasteiger partial charge in [0.2, 0.25) is 0 Å². The molecular weight excluding hydrogens is 256 g/mol. The van der Waals surface area contributed by atoms with Crippen LogP contribution in [0.25, 0.3) is 0 Å². The Balaban J connectivity index is 2.08. The van der Waals surface area contributed by atoms with Gasteiger partial charge in [0.1, 0.15) is 0 Å². The van der Waals surface area contributed by atoms with Crippen molar-refractivity contribution in [1.29, 1.82) is 0 Å². The maximum absolute atomic E-state index is 10.6. The highest BCUT2D eigenvalue weighted by Gasteiger charge is 2.13. The first-order chi connectivity index (χ1) is 9.47. The number of aliphatic hydroxyl groups is 1. The quantitative estimate of drug-likeness (QED) is 0.672. The summed E-state index contributed by atoms with van der Waals surface area (Å²) in [6, 6.07) is 8.40. The van der Waals surface area contributed by atoms with E-state index < -0.39 is 11.0 Å². The minimum atomic E-state index is -0.465. The van der Waals surface area contributed by atoms with E-state index in [0.717, 1.165) is 11.1 Å². The van der Waals surface area contributed by atoms with Crippen LogP contribution in [0.2, 0.25) is 0 Å². The molecule has 106 valence electrons. The van der Waals surface area contributed by atoms with Crippen LogP contribution in [-0.2, 0) is 6.54 Å². The van der Waals surface area contributed by atoms with E-state index in [1.165, 1.54) is 12.1 Å². The highest BCUT2D eigenvalue weighted by Crippen LogP contribution is 2.22. The predicted molar refractivity (Wildman–Crippen MR) is 76.4 cm³/mol. The molecule has 0 aliphatic carbocycles. The molecule has 0 spiro atoms. The summed E-state index contributed by atoms with van der Waals surface area (Å²) in [5.41, 5.74) is 1.97. The third-order valence-electron chi connectivity index (χ3n) is 3.26. The number of aliphatic hydroxyl groups excluding tert-OH is 1. The number of nitrogens with zero attached hydrogens (tertiary/aromatic N) is 2. The fraction of sp³-hybridized carbons (Fsp3) is 0.333. The topological polar surface area (TPSA) is 68.3 Å². The number of nitro groups is 1. The molecule has 1 aromatic heterocycles. The second-order valence-electron chi connectivity index (χ2n) is 5.23. The Labute approximate surface area is 117 Å².